The van der Waals surface area contributed by atoms with Crippen molar-refractivity contribution < 1.29 is 9.84 Å². The van der Waals surface area contributed by atoms with E-state index >= 15 is 0 Å². The average Bonchev–Trinajstić information content (AvgIpc) is 2.82. The molecule has 0 aliphatic rings. The Balaban J connectivity index is 2.10. The molecule has 0 amide bonds. The van der Waals surface area contributed by atoms with Crippen molar-refractivity contribution in [1.29, 1.82) is 0 Å². The highest BCUT2D eigenvalue weighted by Crippen LogP contribution is 2.34. The van der Waals surface area contributed by atoms with Gasteiger partial charge in [0.15, 0.2) is 0 Å². The van der Waals surface area contributed by atoms with E-state index < -0.39 is 0 Å². The lowest BCUT2D eigenvalue weighted by Gasteiger charge is -2.12. The summed E-state index contributed by atoms with van der Waals surface area (Å²) in [7, 11) is 1.98. The number of hydrogen-bond donors (Lipinski definition) is 2. The maximum absolute atomic E-state index is 9.28. The molecule has 3 rings (SSSR count). The van der Waals surface area contributed by atoms with Crippen LogP contribution in [0.25, 0.3) is 10.9 Å². The minimum Gasteiger partial charge on any atom is -0.441 e. The number of nitrogens with two attached hydrogens (primary N) is 1. The Bertz CT molecular complexity index is 765. The highest BCUT2D eigenvalue weighted by atomic mass is 16.5. The van der Waals surface area contributed by atoms with Crippen LogP contribution in [-0.4, -0.2) is 22.3 Å². The fourth-order valence-electron chi connectivity index (χ4n) is 2.70. The number of rotatable bonds is 5. The van der Waals surface area contributed by atoms with Crippen LogP contribution >= 0.6 is 0 Å². The Morgan fingerprint density at radius 2 is 1.77 bits per heavy atom. The Labute approximate surface area is 129 Å². The Kier molecular flexibility index (Phi) is 4.13. The number of nitrogens with zero attached hydrogens (tertiary/aromatic N) is 1. The zero-order valence-corrected chi connectivity index (χ0v) is 12.6. The molecule has 0 saturated carbocycles. The second kappa shape index (κ2) is 6.22. The first-order valence-corrected chi connectivity index (χ1v) is 7.36. The summed E-state index contributed by atoms with van der Waals surface area (Å²) in [6.45, 7) is -0.0476. The molecule has 0 saturated heterocycles. The van der Waals surface area contributed by atoms with Crippen molar-refractivity contribution in [2.75, 3.05) is 6.61 Å². The zero-order chi connectivity index (χ0) is 15.5. The quantitative estimate of drug-likeness (QED) is 0.761. The summed E-state index contributed by atoms with van der Waals surface area (Å²) >= 11 is 0. The van der Waals surface area contributed by atoms with Crippen LogP contribution in [0.3, 0.4) is 0 Å². The highest BCUT2D eigenvalue weighted by Gasteiger charge is 2.18. The van der Waals surface area contributed by atoms with Crippen molar-refractivity contribution in [3.05, 3.63) is 60.2 Å². The highest BCUT2D eigenvalue weighted by molar-refractivity contribution is 5.87. The Morgan fingerprint density at radius 1 is 1.09 bits per heavy atom. The molecule has 0 aliphatic carbocycles. The molecule has 22 heavy (non-hydrogen) atoms. The van der Waals surface area contributed by atoms with Crippen LogP contribution in [0.2, 0.25) is 0 Å². The van der Waals surface area contributed by atoms with Gasteiger partial charge in [-0.3, -0.25) is 0 Å². The van der Waals surface area contributed by atoms with E-state index in [0.717, 1.165) is 28.1 Å². The van der Waals surface area contributed by atoms with Crippen molar-refractivity contribution in [1.82, 2.24) is 4.57 Å². The topological polar surface area (TPSA) is 60.4 Å². The lowest BCUT2D eigenvalue weighted by Crippen LogP contribution is -2.26. The molecule has 1 atom stereocenters. The van der Waals surface area contributed by atoms with Crippen molar-refractivity contribution >= 4 is 10.9 Å². The third-order valence-corrected chi connectivity index (χ3v) is 3.81. The van der Waals surface area contributed by atoms with E-state index in [1.54, 1.807) is 0 Å². The van der Waals surface area contributed by atoms with Gasteiger partial charge in [0.2, 0.25) is 5.88 Å². The molecule has 3 N–H and O–H groups in total. The van der Waals surface area contributed by atoms with Crippen LogP contribution in [0.4, 0.5) is 0 Å². The minimum absolute atomic E-state index is 0.0476. The van der Waals surface area contributed by atoms with Gasteiger partial charge in [0.25, 0.3) is 0 Å². The molecule has 1 heterocycles. The molecule has 3 aromatic rings. The van der Waals surface area contributed by atoms with Crippen molar-refractivity contribution in [2.24, 2.45) is 12.8 Å². The lowest BCUT2D eigenvalue weighted by atomic mass is 10.1. The van der Waals surface area contributed by atoms with Gasteiger partial charge in [-0.2, -0.15) is 0 Å². The van der Waals surface area contributed by atoms with Gasteiger partial charge in [-0.15, -0.1) is 0 Å². The maximum atomic E-state index is 9.28. The van der Waals surface area contributed by atoms with Gasteiger partial charge in [0.1, 0.15) is 5.75 Å². The summed E-state index contributed by atoms with van der Waals surface area (Å²) < 4.78 is 8.13. The molecule has 4 heteroatoms. The molecule has 4 nitrogen and oxygen atoms in total. The predicted molar refractivity (Wildman–Crippen MR) is 88.2 cm³/mol. The molecule has 0 radical (unpaired) electrons. The van der Waals surface area contributed by atoms with E-state index in [2.05, 4.69) is 12.1 Å². The lowest BCUT2D eigenvalue weighted by molar-refractivity contribution is 0.264. The Hall–Kier alpha value is -2.30. The zero-order valence-electron chi connectivity index (χ0n) is 12.6. The van der Waals surface area contributed by atoms with Crippen molar-refractivity contribution in [3.63, 3.8) is 0 Å². The van der Waals surface area contributed by atoms with E-state index in [0.29, 0.717) is 6.42 Å². The van der Waals surface area contributed by atoms with Crippen LogP contribution in [0.1, 0.15) is 5.56 Å². The summed E-state index contributed by atoms with van der Waals surface area (Å²) in [6, 6.07) is 17.5. The molecule has 0 spiro atoms. The molecular formula is C18H20N2O2. The summed E-state index contributed by atoms with van der Waals surface area (Å²) in [5, 5.41) is 10.4. The third kappa shape index (κ3) is 2.71. The standard InChI is InChI=1S/C18H20N2O2/c1-20-17-10-6-5-9-15(17)16(11-13(19)12-21)18(20)22-14-7-3-2-4-8-14/h2-10,13,21H,11-12,19H2,1H3. The average molecular weight is 296 g/mol. The molecular weight excluding hydrogens is 276 g/mol. The summed E-state index contributed by atoms with van der Waals surface area (Å²) in [5.41, 5.74) is 8.08. The van der Waals surface area contributed by atoms with Crippen LogP contribution in [0, 0.1) is 0 Å². The van der Waals surface area contributed by atoms with Gasteiger partial charge in [-0.05, 0) is 24.6 Å². The van der Waals surface area contributed by atoms with E-state index in [1.165, 1.54) is 0 Å². The number of ether oxygens (including phenoxy) is 1. The number of aliphatic hydroxyl groups is 1. The van der Waals surface area contributed by atoms with Gasteiger partial charge in [-0.1, -0.05) is 36.4 Å². The predicted octanol–water partition coefficient (Wildman–Crippen LogP) is 2.83. The maximum Gasteiger partial charge on any atom is 0.204 e. The number of aromatic nitrogens is 1. The van der Waals surface area contributed by atoms with E-state index in [-0.39, 0.29) is 12.6 Å². The Morgan fingerprint density at radius 3 is 2.50 bits per heavy atom. The molecule has 1 aromatic heterocycles. The number of aliphatic hydroxyl groups excluding tert-OH is 1. The van der Waals surface area contributed by atoms with E-state index in [9.17, 15) is 5.11 Å². The van der Waals surface area contributed by atoms with Gasteiger partial charge in [0.05, 0.1) is 12.1 Å². The van der Waals surface area contributed by atoms with E-state index in [1.807, 2.05) is 54.1 Å². The fourth-order valence-corrected chi connectivity index (χ4v) is 2.70. The van der Waals surface area contributed by atoms with Crippen molar-refractivity contribution in [2.45, 2.75) is 12.5 Å². The first-order chi connectivity index (χ1) is 10.7. The summed E-state index contributed by atoms with van der Waals surface area (Å²) in [4.78, 5) is 0. The molecule has 1 unspecified atom stereocenters. The SMILES string of the molecule is Cn1c(Oc2ccccc2)c(CC(N)CO)c2ccccc21. The number of fused-ring (bicyclic) bond motifs is 1. The van der Waals surface area contributed by atoms with E-state index in [4.69, 9.17) is 10.5 Å². The van der Waals surface area contributed by atoms with Crippen LogP contribution in [0.5, 0.6) is 11.6 Å². The second-order valence-corrected chi connectivity index (χ2v) is 5.42. The molecule has 0 bridgehead atoms. The minimum atomic E-state index is -0.302. The van der Waals surface area contributed by atoms with Gasteiger partial charge in [-0.25, -0.2) is 0 Å². The van der Waals surface area contributed by atoms with Gasteiger partial charge in [0, 0.05) is 24.0 Å². The largest absolute Gasteiger partial charge is 0.441 e. The molecule has 0 fully saturated rings. The van der Waals surface area contributed by atoms with Crippen LogP contribution in [-0.2, 0) is 13.5 Å². The first kappa shape index (κ1) is 14.6. The molecule has 0 aliphatic heterocycles. The number of aryl methyl sites for hydroxylation is 1. The van der Waals surface area contributed by atoms with Gasteiger partial charge >= 0.3 is 0 Å². The third-order valence-electron chi connectivity index (χ3n) is 3.81. The normalized spacial score (nSPS) is 12.5. The van der Waals surface area contributed by atoms with Gasteiger partial charge < -0.3 is 20.1 Å². The summed E-state index contributed by atoms with van der Waals surface area (Å²) in [5.74, 6) is 1.56. The molecule has 2 aromatic carbocycles. The number of hydrogen-bond acceptors (Lipinski definition) is 3. The smallest absolute Gasteiger partial charge is 0.204 e. The number of benzene rings is 2. The molecule has 114 valence electrons. The monoisotopic (exact) mass is 296 g/mol. The van der Waals surface area contributed by atoms with Crippen LogP contribution in [0.15, 0.2) is 54.6 Å². The van der Waals surface area contributed by atoms with Crippen LogP contribution < -0.4 is 10.5 Å². The number of para-hydroxylation sites is 2. The fraction of sp³-hybridized carbons (Fsp3) is 0.222. The second-order valence-electron chi connectivity index (χ2n) is 5.42. The van der Waals surface area contributed by atoms with Crippen molar-refractivity contribution in [3.8, 4) is 11.6 Å². The first-order valence-electron chi connectivity index (χ1n) is 7.36. The summed E-state index contributed by atoms with van der Waals surface area (Å²) in [6.07, 6.45) is 0.569.